The summed E-state index contributed by atoms with van der Waals surface area (Å²) < 4.78 is 12.3. The molecular weight excluding hydrogens is 446 g/mol. The molecule has 0 bridgehead atoms. The number of carbonyl (C=O) groups is 1. The molecule has 2 aromatic rings. The van der Waals surface area contributed by atoms with Crippen LogP contribution in [-0.4, -0.2) is 25.7 Å². The lowest BCUT2D eigenvalue weighted by Crippen LogP contribution is -2.33. The van der Waals surface area contributed by atoms with Crippen molar-refractivity contribution in [2.24, 2.45) is 17.8 Å². The van der Waals surface area contributed by atoms with Crippen molar-refractivity contribution in [3.8, 4) is 5.75 Å². The lowest BCUT2D eigenvalue weighted by Gasteiger charge is -2.39. The second-order valence-corrected chi connectivity index (χ2v) is 10.7. The number of nitrogens with one attached hydrogen (secondary N) is 1. The van der Waals surface area contributed by atoms with Gasteiger partial charge >= 0.3 is 0 Å². The van der Waals surface area contributed by atoms with Crippen molar-refractivity contribution in [3.05, 3.63) is 64.7 Å². The molecule has 0 aromatic heterocycles. The maximum Gasteiger partial charge on any atom is 0.257 e. The summed E-state index contributed by atoms with van der Waals surface area (Å²) in [6, 6.07) is 16.1. The molecule has 1 heterocycles. The highest BCUT2D eigenvalue weighted by Gasteiger charge is 2.35. The number of halogens is 1. The second-order valence-electron chi connectivity index (χ2n) is 10.3. The average molecular weight is 484 g/mol. The number of ether oxygens (including phenoxy) is 2. The van der Waals surface area contributed by atoms with E-state index in [1.54, 1.807) is 0 Å². The molecule has 0 radical (unpaired) electrons. The maximum absolute atomic E-state index is 12.3. The Hall–Kier alpha value is -2.04. The van der Waals surface area contributed by atoms with E-state index in [2.05, 4.69) is 31.3 Å². The van der Waals surface area contributed by atoms with E-state index in [0.717, 1.165) is 23.6 Å². The number of amides is 1. The van der Waals surface area contributed by atoms with Crippen molar-refractivity contribution in [1.82, 2.24) is 5.32 Å². The Labute approximate surface area is 209 Å². The molecule has 0 spiro atoms. The molecule has 184 valence electrons. The monoisotopic (exact) mass is 483 g/mol. The normalized spacial score (nSPS) is 23.6. The van der Waals surface area contributed by atoms with Crippen LogP contribution in [0.15, 0.2) is 48.5 Å². The van der Waals surface area contributed by atoms with Gasteiger partial charge in [-0.2, -0.15) is 0 Å². The number of hydrogen-bond donors (Lipinski definition) is 1. The molecule has 34 heavy (non-hydrogen) atoms. The summed E-state index contributed by atoms with van der Waals surface area (Å²) in [5.41, 5.74) is 2.28. The predicted octanol–water partition coefficient (Wildman–Crippen LogP) is 6.93. The number of hydrogen-bond acceptors (Lipinski definition) is 3. The van der Waals surface area contributed by atoms with Gasteiger partial charge in [-0.3, -0.25) is 4.79 Å². The fourth-order valence-electron chi connectivity index (χ4n) is 5.48. The quantitative estimate of drug-likeness (QED) is 0.442. The van der Waals surface area contributed by atoms with Crippen LogP contribution >= 0.6 is 11.6 Å². The summed E-state index contributed by atoms with van der Waals surface area (Å²) in [6.07, 6.45) is 7.36. The lowest BCUT2D eigenvalue weighted by atomic mass is 9.76. The first kappa shape index (κ1) is 25.1. The topological polar surface area (TPSA) is 47.6 Å². The van der Waals surface area contributed by atoms with Crippen LogP contribution in [0.3, 0.4) is 0 Å². The molecule has 2 aliphatic rings. The lowest BCUT2D eigenvalue weighted by molar-refractivity contribution is -0.123. The molecule has 1 saturated carbocycles. The number of benzene rings is 2. The second kappa shape index (κ2) is 12.1. The molecule has 2 aromatic carbocycles. The van der Waals surface area contributed by atoms with E-state index in [9.17, 15) is 4.79 Å². The molecule has 2 fully saturated rings. The zero-order valence-electron chi connectivity index (χ0n) is 20.5. The Morgan fingerprint density at radius 1 is 1.12 bits per heavy atom. The summed E-state index contributed by atoms with van der Waals surface area (Å²) in [7, 11) is 0. The van der Waals surface area contributed by atoms with Crippen LogP contribution in [0.2, 0.25) is 5.02 Å². The molecule has 5 heteroatoms. The fraction of sp³-hybridized carbons (Fsp3) is 0.552. The summed E-state index contributed by atoms with van der Waals surface area (Å²) in [5.74, 6) is 2.41. The van der Waals surface area contributed by atoms with E-state index in [-0.39, 0.29) is 18.6 Å². The predicted molar refractivity (Wildman–Crippen MR) is 137 cm³/mol. The molecule has 1 aliphatic heterocycles. The standard InChI is InChI=1S/C29H38ClNO3/c1-20(2)26-16-23(25-13-6-7-14-27(25)30)18-34-29(26)22-11-8-12-24(15-22)33-19-28(32)31-17-21-9-4-3-5-10-21/h6-8,11-15,20-21,23,26,29H,3-5,9-10,16-19H2,1-2H3,(H,31,32)/t23-,26-,29-/m0/s1. The van der Waals surface area contributed by atoms with Gasteiger partial charge < -0.3 is 14.8 Å². The minimum atomic E-state index is -0.0486. The Kier molecular flexibility index (Phi) is 8.91. The van der Waals surface area contributed by atoms with E-state index in [0.29, 0.717) is 36.0 Å². The van der Waals surface area contributed by atoms with Crippen LogP contribution in [-0.2, 0) is 9.53 Å². The smallest absolute Gasteiger partial charge is 0.257 e. The summed E-state index contributed by atoms with van der Waals surface area (Å²) in [4.78, 5) is 12.3. The largest absolute Gasteiger partial charge is 0.484 e. The van der Waals surface area contributed by atoms with Gasteiger partial charge in [-0.25, -0.2) is 0 Å². The van der Waals surface area contributed by atoms with E-state index in [1.165, 1.54) is 37.7 Å². The maximum atomic E-state index is 12.3. The molecular formula is C29H38ClNO3. The number of rotatable bonds is 8. The van der Waals surface area contributed by atoms with Gasteiger partial charge in [0.05, 0.1) is 12.7 Å². The molecule has 3 atom stereocenters. The first-order valence-electron chi connectivity index (χ1n) is 12.9. The van der Waals surface area contributed by atoms with Gasteiger partial charge in [0.2, 0.25) is 0 Å². The third-order valence-electron chi connectivity index (χ3n) is 7.49. The minimum Gasteiger partial charge on any atom is -0.484 e. The molecule has 4 rings (SSSR count). The van der Waals surface area contributed by atoms with Crippen LogP contribution in [0.1, 0.15) is 75.5 Å². The highest BCUT2D eigenvalue weighted by molar-refractivity contribution is 6.31. The SMILES string of the molecule is CC(C)[C@@H]1C[C@H](c2ccccc2Cl)CO[C@H]1c1cccc(OCC(=O)NCC2CCCCC2)c1. The third kappa shape index (κ3) is 6.55. The summed E-state index contributed by atoms with van der Waals surface area (Å²) >= 11 is 6.48. The highest BCUT2D eigenvalue weighted by Crippen LogP contribution is 2.45. The van der Waals surface area contributed by atoms with E-state index < -0.39 is 0 Å². The van der Waals surface area contributed by atoms with Gasteiger partial charge in [0.1, 0.15) is 5.75 Å². The summed E-state index contributed by atoms with van der Waals surface area (Å²) in [5, 5.41) is 3.86. The van der Waals surface area contributed by atoms with Crippen molar-refractivity contribution < 1.29 is 14.3 Å². The molecule has 4 nitrogen and oxygen atoms in total. The first-order valence-corrected chi connectivity index (χ1v) is 13.2. The average Bonchev–Trinajstić information content (AvgIpc) is 2.87. The Morgan fingerprint density at radius 3 is 2.68 bits per heavy atom. The van der Waals surface area contributed by atoms with Crippen LogP contribution in [0, 0.1) is 17.8 Å². The van der Waals surface area contributed by atoms with E-state index in [1.807, 2.05) is 36.4 Å². The van der Waals surface area contributed by atoms with Crippen molar-refractivity contribution in [1.29, 1.82) is 0 Å². The summed E-state index contributed by atoms with van der Waals surface area (Å²) in [6.45, 7) is 5.97. The van der Waals surface area contributed by atoms with Crippen LogP contribution in [0.4, 0.5) is 0 Å². The van der Waals surface area contributed by atoms with Crippen LogP contribution in [0.25, 0.3) is 0 Å². The Morgan fingerprint density at radius 2 is 1.91 bits per heavy atom. The van der Waals surface area contributed by atoms with Crippen molar-refractivity contribution in [2.45, 2.75) is 64.4 Å². The minimum absolute atomic E-state index is 0.00224. The molecule has 1 aliphatic carbocycles. The Balaban J connectivity index is 1.35. The van der Waals surface area contributed by atoms with E-state index >= 15 is 0 Å². The fourth-order valence-corrected chi connectivity index (χ4v) is 5.77. The molecule has 0 unspecified atom stereocenters. The van der Waals surface area contributed by atoms with Crippen molar-refractivity contribution >= 4 is 17.5 Å². The van der Waals surface area contributed by atoms with Gasteiger partial charge in [0, 0.05) is 17.5 Å². The van der Waals surface area contributed by atoms with Gasteiger partial charge in [-0.15, -0.1) is 0 Å². The number of carbonyl (C=O) groups excluding carboxylic acids is 1. The van der Waals surface area contributed by atoms with Crippen LogP contribution in [0.5, 0.6) is 5.75 Å². The zero-order valence-corrected chi connectivity index (χ0v) is 21.2. The van der Waals surface area contributed by atoms with Gasteiger partial charge in [-0.1, -0.05) is 75.0 Å². The third-order valence-corrected chi connectivity index (χ3v) is 7.84. The van der Waals surface area contributed by atoms with E-state index in [4.69, 9.17) is 21.1 Å². The molecule has 1 amide bonds. The Bertz CT molecular complexity index is 940. The van der Waals surface area contributed by atoms with Gasteiger partial charge in [-0.05, 0) is 66.3 Å². The van der Waals surface area contributed by atoms with Crippen molar-refractivity contribution in [3.63, 3.8) is 0 Å². The zero-order chi connectivity index (χ0) is 23.9. The molecule has 1 saturated heterocycles. The highest BCUT2D eigenvalue weighted by atomic mass is 35.5. The van der Waals surface area contributed by atoms with Crippen LogP contribution < -0.4 is 10.1 Å². The van der Waals surface area contributed by atoms with Crippen molar-refractivity contribution in [2.75, 3.05) is 19.8 Å². The molecule has 1 N–H and O–H groups in total. The van der Waals surface area contributed by atoms with Gasteiger partial charge in [0.15, 0.2) is 6.61 Å². The van der Waals surface area contributed by atoms with Gasteiger partial charge in [0.25, 0.3) is 5.91 Å². The first-order chi connectivity index (χ1) is 16.5.